The van der Waals surface area contributed by atoms with Crippen molar-refractivity contribution < 1.29 is 19.0 Å². The zero-order valence-corrected chi connectivity index (χ0v) is 21.8. The van der Waals surface area contributed by atoms with Gasteiger partial charge in [-0.2, -0.15) is 0 Å². The molecule has 1 aliphatic rings. The number of carbonyl (C=O) groups excluding carboxylic acids is 1. The van der Waals surface area contributed by atoms with E-state index >= 15 is 0 Å². The molecule has 1 aliphatic heterocycles. The molecule has 0 spiro atoms. The summed E-state index contributed by atoms with van der Waals surface area (Å²) in [5, 5.41) is 2.96. The van der Waals surface area contributed by atoms with Crippen molar-refractivity contribution in [3.05, 3.63) is 96.1 Å². The van der Waals surface area contributed by atoms with E-state index < -0.39 is 17.1 Å². The standard InChI is InChI=1S/C29H33NO4S/c1-28(2,3)35(24-14-10-7-11-15-24)29(4,22-12-8-6-9-13-22)33-20-25-26(34-27(31)30-25)21-16-18-23(32-5)19-17-21/h6-19,25-26H,20H2,1-5H3/p+1/t25-,26-,29-,35?/m0/s1. The Kier molecular flexibility index (Phi) is 7.43. The third kappa shape index (κ3) is 5.49. The molecule has 0 aromatic heterocycles. The van der Waals surface area contributed by atoms with Crippen molar-refractivity contribution >= 4 is 17.0 Å². The molecular weight excluding hydrogens is 458 g/mol. The fourth-order valence-corrected chi connectivity index (χ4v) is 7.96. The molecule has 1 N–H and O–H groups in total. The van der Waals surface area contributed by atoms with E-state index in [-0.39, 0.29) is 21.7 Å². The Bertz CT molecular complexity index is 1110. The summed E-state index contributed by atoms with van der Waals surface area (Å²) in [6.07, 6.45) is -0.875. The first-order valence-electron chi connectivity index (χ1n) is 11.8. The molecule has 3 aromatic carbocycles. The van der Waals surface area contributed by atoms with E-state index in [1.807, 2.05) is 48.5 Å². The molecule has 4 rings (SSSR count). The van der Waals surface area contributed by atoms with Gasteiger partial charge in [-0.1, -0.05) is 60.7 Å². The van der Waals surface area contributed by atoms with Crippen LogP contribution >= 0.6 is 0 Å². The average Bonchev–Trinajstić information content (AvgIpc) is 3.23. The molecule has 1 heterocycles. The minimum Gasteiger partial charge on any atom is -0.497 e. The summed E-state index contributed by atoms with van der Waals surface area (Å²) in [5.41, 5.74) is 2.00. The van der Waals surface area contributed by atoms with Gasteiger partial charge in [-0.05, 0) is 50.6 Å². The third-order valence-electron chi connectivity index (χ3n) is 6.16. The molecule has 1 unspecified atom stereocenters. The maximum absolute atomic E-state index is 12.3. The fraction of sp³-hybridized carbons (Fsp3) is 0.345. The fourth-order valence-electron chi connectivity index (χ4n) is 4.65. The highest BCUT2D eigenvalue weighted by atomic mass is 32.2. The average molecular weight is 493 g/mol. The van der Waals surface area contributed by atoms with Gasteiger partial charge in [-0.3, -0.25) is 0 Å². The van der Waals surface area contributed by atoms with Crippen molar-refractivity contribution in [2.24, 2.45) is 0 Å². The number of alkyl carbamates (subject to hydrolysis) is 1. The van der Waals surface area contributed by atoms with E-state index in [0.29, 0.717) is 6.61 Å². The van der Waals surface area contributed by atoms with Crippen LogP contribution in [0.15, 0.2) is 89.8 Å². The van der Waals surface area contributed by atoms with Crippen LogP contribution in [-0.2, 0) is 25.3 Å². The quantitative estimate of drug-likeness (QED) is 0.380. The molecule has 0 radical (unpaired) electrons. The second kappa shape index (κ2) is 10.3. The molecule has 184 valence electrons. The molecule has 4 atom stereocenters. The molecule has 35 heavy (non-hydrogen) atoms. The topological polar surface area (TPSA) is 56.8 Å². The van der Waals surface area contributed by atoms with Crippen LogP contribution in [0.3, 0.4) is 0 Å². The SMILES string of the molecule is COc1ccc([C@@H]2OC(=O)N[C@H]2CO[C@](C)(c2ccccc2)[S+](c2ccccc2)C(C)(C)C)cc1. The largest absolute Gasteiger partial charge is 0.497 e. The van der Waals surface area contributed by atoms with Gasteiger partial charge in [0.15, 0.2) is 11.0 Å². The molecule has 1 amide bonds. The Morgan fingerprint density at radius 1 is 0.886 bits per heavy atom. The Morgan fingerprint density at radius 2 is 1.49 bits per heavy atom. The molecule has 1 saturated heterocycles. The summed E-state index contributed by atoms with van der Waals surface area (Å²) in [6.45, 7) is 9.25. The van der Waals surface area contributed by atoms with Crippen LogP contribution < -0.4 is 10.1 Å². The first-order chi connectivity index (χ1) is 16.7. The van der Waals surface area contributed by atoms with Crippen molar-refractivity contribution in [3.8, 4) is 5.75 Å². The Labute approximate surface area is 211 Å². The van der Waals surface area contributed by atoms with Gasteiger partial charge in [-0.25, -0.2) is 4.79 Å². The molecule has 6 heteroatoms. The predicted octanol–water partition coefficient (Wildman–Crippen LogP) is 6.21. The van der Waals surface area contributed by atoms with E-state index in [0.717, 1.165) is 16.9 Å². The second-order valence-corrected chi connectivity index (χ2v) is 12.8. The summed E-state index contributed by atoms with van der Waals surface area (Å²) in [4.78, 5) is 12.9. The number of rotatable bonds is 8. The first-order valence-corrected chi connectivity index (χ1v) is 13.0. The van der Waals surface area contributed by atoms with Crippen LogP contribution in [0.25, 0.3) is 0 Å². The summed E-state index contributed by atoms with van der Waals surface area (Å²) in [6, 6.07) is 28.2. The number of hydrogen-bond donors (Lipinski definition) is 1. The van der Waals surface area contributed by atoms with Gasteiger partial charge in [0, 0.05) is 12.5 Å². The predicted molar refractivity (Wildman–Crippen MR) is 141 cm³/mol. The van der Waals surface area contributed by atoms with Crippen LogP contribution in [0.4, 0.5) is 4.79 Å². The molecule has 3 aromatic rings. The van der Waals surface area contributed by atoms with Gasteiger partial charge in [-0.15, -0.1) is 0 Å². The lowest BCUT2D eigenvalue weighted by Crippen LogP contribution is -2.48. The van der Waals surface area contributed by atoms with Crippen molar-refractivity contribution in [2.75, 3.05) is 13.7 Å². The number of methoxy groups -OCH3 is 1. The van der Waals surface area contributed by atoms with Crippen molar-refractivity contribution in [3.63, 3.8) is 0 Å². The van der Waals surface area contributed by atoms with Gasteiger partial charge in [0.25, 0.3) is 4.93 Å². The maximum atomic E-state index is 12.3. The third-order valence-corrected chi connectivity index (χ3v) is 9.27. The molecule has 0 saturated carbocycles. The van der Waals surface area contributed by atoms with Gasteiger partial charge < -0.3 is 19.5 Å². The van der Waals surface area contributed by atoms with Gasteiger partial charge >= 0.3 is 6.09 Å². The van der Waals surface area contributed by atoms with Crippen molar-refractivity contribution in [2.45, 2.75) is 54.4 Å². The summed E-state index contributed by atoms with van der Waals surface area (Å²) >= 11 is 0. The zero-order valence-electron chi connectivity index (χ0n) is 21.0. The summed E-state index contributed by atoms with van der Waals surface area (Å²) in [5.74, 6) is 0.757. The van der Waals surface area contributed by atoms with Crippen molar-refractivity contribution in [1.82, 2.24) is 5.32 Å². The Morgan fingerprint density at radius 3 is 2.06 bits per heavy atom. The van der Waals surface area contributed by atoms with Gasteiger partial charge in [0.2, 0.25) is 0 Å². The normalized spacial score (nSPS) is 20.4. The molecular formula is C29H34NO4S+. The molecule has 0 bridgehead atoms. The number of hydrogen-bond acceptors (Lipinski definition) is 4. The minimum absolute atomic E-state index is 0.0727. The number of amides is 1. The monoisotopic (exact) mass is 492 g/mol. The van der Waals surface area contributed by atoms with E-state index in [9.17, 15) is 4.79 Å². The number of benzene rings is 3. The van der Waals surface area contributed by atoms with E-state index in [2.05, 4.69) is 69.4 Å². The van der Waals surface area contributed by atoms with Crippen molar-refractivity contribution in [1.29, 1.82) is 0 Å². The summed E-state index contributed by atoms with van der Waals surface area (Å²) in [7, 11) is 1.31. The lowest BCUT2D eigenvalue weighted by molar-refractivity contribution is 0.00800. The Balaban J connectivity index is 1.68. The number of ether oxygens (including phenoxy) is 3. The van der Waals surface area contributed by atoms with E-state index in [4.69, 9.17) is 14.2 Å². The van der Waals surface area contributed by atoms with Crippen LogP contribution in [0.2, 0.25) is 0 Å². The molecule has 0 aliphatic carbocycles. The maximum Gasteiger partial charge on any atom is 0.408 e. The van der Waals surface area contributed by atoms with Crippen LogP contribution in [0.5, 0.6) is 5.75 Å². The number of cyclic esters (lactones) is 1. The van der Waals surface area contributed by atoms with Gasteiger partial charge in [0.1, 0.15) is 10.5 Å². The molecule has 1 fully saturated rings. The summed E-state index contributed by atoms with van der Waals surface area (Å²) < 4.78 is 17.7. The number of nitrogens with one attached hydrogen (secondary N) is 1. The highest BCUT2D eigenvalue weighted by Gasteiger charge is 2.55. The lowest BCUT2D eigenvalue weighted by atomic mass is 10.0. The Hall–Kier alpha value is -2.96. The van der Waals surface area contributed by atoms with Gasteiger partial charge in [0.05, 0.1) is 30.7 Å². The molecule has 5 nitrogen and oxygen atoms in total. The first kappa shape index (κ1) is 25.1. The van der Waals surface area contributed by atoms with Crippen LogP contribution in [-0.4, -0.2) is 30.6 Å². The van der Waals surface area contributed by atoms with Crippen LogP contribution in [0, 0.1) is 0 Å². The zero-order chi connectivity index (χ0) is 25.1. The van der Waals surface area contributed by atoms with E-state index in [1.165, 1.54) is 4.90 Å². The van der Waals surface area contributed by atoms with E-state index in [1.54, 1.807) is 7.11 Å². The van der Waals surface area contributed by atoms with Crippen LogP contribution in [0.1, 0.15) is 44.9 Å². The second-order valence-electron chi connectivity index (χ2n) is 9.70. The highest BCUT2D eigenvalue weighted by Crippen LogP contribution is 2.45. The highest BCUT2D eigenvalue weighted by molar-refractivity contribution is 7.98. The minimum atomic E-state index is -0.626. The smallest absolute Gasteiger partial charge is 0.408 e. The number of carbonyl (C=O) groups is 1. The lowest BCUT2D eigenvalue weighted by Gasteiger charge is -2.37.